The maximum absolute atomic E-state index is 2.85. The summed E-state index contributed by atoms with van der Waals surface area (Å²) in [6.45, 7) is 7.00. The van der Waals surface area contributed by atoms with E-state index in [-0.39, 0.29) is 0 Å². The number of allylic oxidation sites excluding steroid dienone is 2. The SMILES string of the molecule is CC1=C(C)N(C2CCCC2)C(C2CCCCC2)N1c1ccccc1C. The van der Waals surface area contributed by atoms with Gasteiger partial charge >= 0.3 is 0 Å². The molecule has 1 aromatic rings. The fraction of sp³-hybridized carbons (Fsp3) is 0.652. The van der Waals surface area contributed by atoms with Crippen molar-refractivity contribution in [2.24, 2.45) is 5.92 Å². The molecule has 136 valence electrons. The van der Waals surface area contributed by atoms with Gasteiger partial charge in [-0.3, -0.25) is 0 Å². The minimum atomic E-state index is 0.546. The van der Waals surface area contributed by atoms with Crippen LogP contribution in [0.3, 0.4) is 0 Å². The van der Waals surface area contributed by atoms with Gasteiger partial charge in [0.25, 0.3) is 0 Å². The number of benzene rings is 1. The van der Waals surface area contributed by atoms with E-state index >= 15 is 0 Å². The maximum atomic E-state index is 2.85. The number of hydrogen-bond donors (Lipinski definition) is 0. The Bertz CT molecular complexity index is 635. The number of anilines is 1. The summed E-state index contributed by atoms with van der Waals surface area (Å²) in [5.74, 6) is 0.807. The van der Waals surface area contributed by atoms with Gasteiger partial charge in [0.1, 0.15) is 6.17 Å². The standard InChI is InChI=1S/C23H34N2/c1-17-11-7-10-16-22(17)25-19(3)18(2)24(21-14-8-9-15-21)23(25)20-12-5-4-6-13-20/h7,10-11,16,20-21,23H,4-6,8-9,12-15H2,1-3H3. The van der Waals surface area contributed by atoms with Crippen molar-refractivity contribution in [3.63, 3.8) is 0 Å². The Balaban J connectivity index is 1.75. The molecule has 2 aliphatic carbocycles. The van der Waals surface area contributed by atoms with Crippen LogP contribution in [0.25, 0.3) is 0 Å². The highest BCUT2D eigenvalue weighted by molar-refractivity contribution is 5.60. The Morgan fingerprint density at radius 3 is 2.08 bits per heavy atom. The molecule has 2 heteroatoms. The second kappa shape index (κ2) is 7.05. The van der Waals surface area contributed by atoms with Crippen LogP contribution in [0.2, 0.25) is 0 Å². The topological polar surface area (TPSA) is 6.48 Å². The van der Waals surface area contributed by atoms with Crippen LogP contribution in [0.5, 0.6) is 0 Å². The molecule has 25 heavy (non-hydrogen) atoms. The average Bonchev–Trinajstić information content (AvgIpc) is 3.24. The molecule has 1 aliphatic heterocycles. The normalized spacial score (nSPS) is 26.1. The molecule has 0 aromatic heterocycles. The van der Waals surface area contributed by atoms with Gasteiger partial charge in [-0.05, 0) is 64.0 Å². The molecule has 1 unspecified atom stereocenters. The molecule has 1 atom stereocenters. The highest BCUT2D eigenvalue weighted by Gasteiger charge is 2.44. The molecule has 0 amide bonds. The lowest BCUT2D eigenvalue weighted by Gasteiger charge is -2.44. The number of nitrogens with zero attached hydrogens (tertiary/aromatic N) is 2. The van der Waals surface area contributed by atoms with E-state index in [0.717, 1.165) is 12.0 Å². The largest absolute Gasteiger partial charge is 0.350 e. The van der Waals surface area contributed by atoms with Crippen LogP contribution in [0.1, 0.15) is 77.2 Å². The first-order valence-corrected chi connectivity index (χ1v) is 10.5. The molecule has 2 nitrogen and oxygen atoms in total. The molecule has 0 radical (unpaired) electrons. The summed E-state index contributed by atoms with van der Waals surface area (Å²) in [6, 6.07) is 9.75. The first-order chi connectivity index (χ1) is 12.2. The van der Waals surface area contributed by atoms with Crippen molar-refractivity contribution in [2.75, 3.05) is 4.90 Å². The van der Waals surface area contributed by atoms with E-state index in [1.165, 1.54) is 80.4 Å². The highest BCUT2D eigenvalue weighted by Crippen LogP contribution is 2.45. The van der Waals surface area contributed by atoms with Crippen molar-refractivity contribution in [3.05, 3.63) is 41.2 Å². The van der Waals surface area contributed by atoms with Gasteiger partial charge in [0, 0.05) is 23.1 Å². The molecule has 2 fully saturated rings. The van der Waals surface area contributed by atoms with E-state index in [1.807, 2.05) is 0 Å². The fourth-order valence-electron chi connectivity index (χ4n) is 5.58. The lowest BCUT2D eigenvalue weighted by molar-refractivity contribution is 0.129. The zero-order valence-corrected chi connectivity index (χ0v) is 16.3. The fourth-order valence-corrected chi connectivity index (χ4v) is 5.58. The van der Waals surface area contributed by atoms with Gasteiger partial charge in [-0.1, -0.05) is 50.3 Å². The lowest BCUT2D eigenvalue weighted by Crippen LogP contribution is -2.50. The number of aryl methyl sites for hydroxylation is 1. The highest BCUT2D eigenvalue weighted by atomic mass is 15.4. The van der Waals surface area contributed by atoms with Gasteiger partial charge in [-0.2, -0.15) is 0 Å². The molecule has 4 rings (SSSR count). The third-order valence-electron chi connectivity index (χ3n) is 6.99. The Morgan fingerprint density at radius 2 is 1.40 bits per heavy atom. The summed E-state index contributed by atoms with van der Waals surface area (Å²) >= 11 is 0. The summed E-state index contributed by atoms with van der Waals surface area (Å²) in [6.07, 6.45) is 13.2. The van der Waals surface area contributed by atoms with Crippen LogP contribution < -0.4 is 4.90 Å². The van der Waals surface area contributed by atoms with Crippen LogP contribution in [0.4, 0.5) is 5.69 Å². The van der Waals surface area contributed by atoms with Gasteiger partial charge in [-0.25, -0.2) is 0 Å². The minimum Gasteiger partial charge on any atom is -0.350 e. The number of rotatable bonds is 3. The van der Waals surface area contributed by atoms with E-state index in [4.69, 9.17) is 0 Å². The molecule has 2 saturated carbocycles. The number of hydrogen-bond acceptors (Lipinski definition) is 2. The van der Waals surface area contributed by atoms with Gasteiger partial charge < -0.3 is 9.80 Å². The first kappa shape index (κ1) is 17.0. The van der Waals surface area contributed by atoms with Gasteiger partial charge in [-0.15, -0.1) is 0 Å². The van der Waals surface area contributed by atoms with Crippen LogP contribution in [0, 0.1) is 12.8 Å². The third kappa shape index (κ3) is 2.98. The summed E-state index contributed by atoms with van der Waals surface area (Å²) in [5.41, 5.74) is 5.85. The molecule has 0 N–H and O–H groups in total. The molecule has 0 saturated heterocycles. The average molecular weight is 339 g/mol. The summed E-state index contributed by atoms with van der Waals surface area (Å²) in [5, 5.41) is 0. The Labute approximate surface area is 153 Å². The lowest BCUT2D eigenvalue weighted by atomic mass is 9.85. The molecule has 3 aliphatic rings. The minimum absolute atomic E-state index is 0.546. The van der Waals surface area contributed by atoms with Crippen molar-refractivity contribution < 1.29 is 0 Å². The molecule has 1 heterocycles. The Kier molecular flexibility index (Phi) is 4.80. The van der Waals surface area contributed by atoms with E-state index in [9.17, 15) is 0 Å². The quantitative estimate of drug-likeness (QED) is 0.645. The van der Waals surface area contributed by atoms with E-state index < -0.39 is 0 Å². The van der Waals surface area contributed by atoms with Crippen molar-refractivity contribution >= 4 is 5.69 Å². The molecule has 0 spiro atoms. The predicted octanol–water partition coefficient (Wildman–Crippen LogP) is 6.22. The second-order valence-electron chi connectivity index (χ2n) is 8.48. The zero-order valence-electron chi connectivity index (χ0n) is 16.3. The van der Waals surface area contributed by atoms with Gasteiger partial charge in [0.15, 0.2) is 0 Å². The van der Waals surface area contributed by atoms with Gasteiger partial charge in [0.2, 0.25) is 0 Å². The first-order valence-electron chi connectivity index (χ1n) is 10.5. The van der Waals surface area contributed by atoms with Crippen LogP contribution in [-0.2, 0) is 0 Å². The van der Waals surface area contributed by atoms with Crippen molar-refractivity contribution in [2.45, 2.75) is 90.8 Å². The molecular weight excluding hydrogens is 304 g/mol. The Hall–Kier alpha value is -1.44. The monoisotopic (exact) mass is 338 g/mol. The van der Waals surface area contributed by atoms with Crippen molar-refractivity contribution in [1.29, 1.82) is 0 Å². The second-order valence-corrected chi connectivity index (χ2v) is 8.48. The summed E-state index contributed by atoms with van der Waals surface area (Å²) in [4.78, 5) is 5.56. The van der Waals surface area contributed by atoms with E-state index in [1.54, 1.807) is 0 Å². The Morgan fingerprint density at radius 1 is 0.760 bits per heavy atom. The summed E-state index contributed by atoms with van der Waals surface area (Å²) < 4.78 is 0. The van der Waals surface area contributed by atoms with Gasteiger partial charge in [0.05, 0.1) is 0 Å². The van der Waals surface area contributed by atoms with Crippen LogP contribution >= 0.6 is 0 Å². The van der Waals surface area contributed by atoms with Crippen LogP contribution in [-0.4, -0.2) is 17.1 Å². The van der Waals surface area contributed by atoms with Crippen molar-refractivity contribution in [3.8, 4) is 0 Å². The maximum Gasteiger partial charge on any atom is 0.109 e. The third-order valence-corrected chi connectivity index (χ3v) is 6.99. The molecule has 0 bridgehead atoms. The smallest absolute Gasteiger partial charge is 0.109 e. The number of para-hydroxylation sites is 1. The van der Waals surface area contributed by atoms with Crippen LogP contribution in [0.15, 0.2) is 35.7 Å². The van der Waals surface area contributed by atoms with E-state index in [2.05, 4.69) is 54.8 Å². The van der Waals surface area contributed by atoms with E-state index in [0.29, 0.717) is 6.17 Å². The molecule has 1 aromatic carbocycles. The zero-order chi connectivity index (χ0) is 17.4. The summed E-state index contributed by atoms with van der Waals surface area (Å²) in [7, 11) is 0. The molecular formula is C23H34N2. The predicted molar refractivity (Wildman–Crippen MR) is 106 cm³/mol. The van der Waals surface area contributed by atoms with Crippen molar-refractivity contribution in [1.82, 2.24) is 4.90 Å².